The number of ether oxygens (including phenoxy) is 1. The summed E-state index contributed by atoms with van der Waals surface area (Å²) >= 11 is 13.3. The first-order valence-corrected chi connectivity index (χ1v) is 19.0. The second-order valence-corrected chi connectivity index (χ2v) is 15.3. The summed E-state index contributed by atoms with van der Waals surface area (Å²) in [5, 5.41) is 7.42. The van der Waals surface area contributed by atoms with Crippen molar-refractivity contribution in [2.45, 2.75) is 57.6 Å². The lowest BCUT2D eigenvalue weighted by molar-refractivity contribution is -0.141. The van der Waals surface area contributed by atoms with Gasteiger partial charge in [-0.25, -0.2) is 18.2 Å². The minimum absolute atomic E-state index is 0.0140. The molecule has 280 valence electrons. The van der Waals surface area contributed by atoms with Crippen LogP contribution in [0, 0.1) is 13.8 Å². The molecule has 0 radical (unpaired) electrons. The molecule has 0 saturated carbocycles. The molecule has 1 fully saturated rings. The van der Waals surface area contributed by atoms with Crippen LogP contribution in [-0.4, -0.2) is 78.9 Å². The van der Waals surface area contributed by atoms with E-state index in [1.165, 1.54) is 28.3 Å². The quantitative estimate of drug-likeness (QED) is 0.0596. The first kappa shape index (κ1) is 39.4. The highest BCUT2D eigenvalue weighted by molar-refractivity contribution is 7.89. The Labute approximate surface area is 318 Å². The number of nitrogens with one attached hydrogen (secondary N) is 1. The largest absolute Gasteiger partial charge is 0.487 e. The second kappa shape index (κ2) is 16.9. The number of amidine groups is 1. The van der Waals surface area contributed by atoms with Crippen LogP contribution in [0.5, 0.6) is 5.75 Å². The van der Waals surface area contributed by atoms with Crippen molar-refractivity contribution < 1.29 is 32.4 Å². The average Bonchev–Trinajstić information content (AvgIpc) is 3.63. The molecule has 3 aromatic carbocycles. The monoisotopic (exact) mass is 782 g/mol. The molecule has 53 heavy (non-hydrogen) atoms. The lowest BCUT2D eigenvalue weighted by atomic mass is 10.1. The van der Waals surface area contributed by atoms with E-state index in [1.807, 2.05) is 32.0 Å². The molecule has 2 amide bonds. The fraction of sp³-hybridized carbons (Fsp3) is 0.324. The summed E-state index contributed by atoms with van der Waals surface area (Å²) in [7, 11) is -2.61. The molecule has 0 bridgehead atoms. The number of sulfonamides is 1. The van der Waals surface area contributed by atoms with Gasteiger partial charge in [0.1, 0.15) is 28.8 Å². The Morgan fingerprint density at radius 1 is 1.08 bits per heavy atom. The molecule has 3 N–H and O–H groups in total. The molecule has 1 aliphatic rings. The maximum atomic E-state index is 14.1. The number of hydrogen-bond acceptors (Lipinski definition) is 9. The van der Waals surface area contributed by atoms with Gasteiger partial charge in [0, 0.05) is 66.4 Å². The fourth-order valence-corrected chi connectivity index (χ4v) is 8.59. The predicted molar refractivity (Wildman–Crippen MR) is 202 cm³/mol. The maximum absolute atomic E-state index is 14.1. The number of para-hydroxylation sites is 1. The zero-order chi connectivity index (χ0) is 38.4. The van der Waals surface area contributed by atoms with E-state index in [1.54, 1.807) is 37.4 Å². The molecule has 5 rings (SSSR count). The van der Waals surface area contributed by atoms with Crippen molar-refractivity contribution in [2.24, 2.45) is 10.9 Å². The summed E-state index contributed by atoms with van der Waals surface area (Å²) in [6.07, 6.45) is 1.26. The van der Waals surface area contributed by atoms with Crippen molar-refractivity contribution in [3.63, 3.8) is 0 Å². The first-order chi connectivity index (χ1) is 25.2. The van der Waals surface area contributed by atoms with Crippen LogP contribution >= 0.6 is 23.2 Å². The molecule has 16 heteroatoms. The molecule has 0 aliphatic carbocycles. The summed E-state index contributed by atoms with van der Waals surface area (Å²) < 4.78 is 35.5. The van der Waals surface area contributed by atoms with Crippen LogP contribution in [0.15, 0.2) is 70.7 Å². The number of nitrogens with two attached hydrogens (primary N) is 1. The normalized spacial score (nSPS) is 15.0. The van der Waals surface area contributed by atoms with E-state index in [9.17, 15) is 22.8 Å². The van der Waals surface area contributed by atoms with Crippen LogP contribution in [-0.2, 0) is 31.1 Å². The van der Waals surface area contributed by atoms with Gasteiger partial charge in [-0.15, -0.1) is 0 Å². The molecule has 0 spiro atoms. The number of hydrogen-bond donors (Lipinski definition) is 2. The smallest absolute Gasteiger partial charge is 0.332 e. The van der Waals surface area contributed by atoms with E-state index >= 15 is 0 Å². The average molecular weight is 784 g/mol. The van der Waals surface area contributed by atoms with Crippen molar-refractivity contribution in [3.8, 4) is 5.75 Å². The van der Waals surface area contributed by atoms with Gasteiger partial charge in [-0.3, -0.25) is 9.59 Å². The van der Waals surface area contributed by atoms with E-state index < -0.39 is 22.0 Å². The number of amides is 2. The highest BCUT2D eigenvalue weighted by Gasteiger charge is 2.41. The molecule has 13 nitrogen and oxygen atoms in total. The van der Waals surface area contributed by atoms with Gasteiger partial charge in [-0.1, -0.05) is 52.6 Å². The van der Waals surface area contributed by atoms with E-state index in [4.69, 9.17) is 33.7 Å². The summed E-state index contributed by atoms with van der Waals surface area (Å²) in [5.74, 6) is -0.810. The lowest BCUT2D eigenvalue weighted by Crippen LogP contribution is -2.47. The van der Waals surface area contributed by atoms with Gasteiger partial charge in [-0.2, -0.15) is 4.31 Å². The minimum atomic E-state index is -4.21. The number of carbonyl (C=O) groups excluding carboxylic acids is 3. The van der Waals surface area contributed by atoms with Gasteiger partial charge < -0.3 is 25.5 Å². The standard InChI is InChI=1S/C37H40Cl2N6O7S/c1-22-20-23(2)42-34-27(22)8-5-10-31(34)51-21-28-29(38)15-16-32(33(28)39)53(49,50)45-19-6-9-30(45)37(48)44(4)18-7-17-41-36(47)26-13-11-25(12-14-26)35(40)43-52-24(3)46/h5,8,10-16,20,30H,6-7,9,17-19,21H2,1-4H3,(H2,40,43)(H,41,47)/t30-/m0/s1. The molecule has 1 atom stereocenters. The number of halogens is 2. The Morgan fingerprint density at radius 3 is 2.51 bits per heavy atom. The number of nitrogens with zero attached hydrogens (tertiary/aromatic N) is 4. The van der Waals surface area contributed by atoms with E-state index in [0.717, 1.165) is 16.6 Å². The van der Waals surface area contributed by atoms with Crippen LogP contribution in [0.4, 0.5) is 0 Å². The van der Waals surface area contributed by atoms with E-state index in [2.05, 4.69) is 20.3 Å². The topological polar surface area (TPSA) is 174 Å². The summed E-state index contributed by atoms with van der Waals surface area (Å²) in [6.45, 7) is 5.67. The van der Waals surface area contributed by atoms with Gasteiger partial charge in [-0.05, 0) is 75.1 Å². The van der Waals surface area contributed by atoms with Crippen molar-refractivity contribution in [1.82, 2.24) is 19.5 Å². The number of rotatable bonds is 13. The molecular formula is C37H40Cl2N6O7S. The van der Waals surface area contributed by atoms with Crippen LogP contribution < -0.4 is 15.8 Å². The van der Waals surface area contributed by atoms with Gasteiger partial charge >= 0.3 is 5.97 Å². The fourth-order valence-electron chi connectivity index (χ4n) is 6.07. The number of benzene rings is 3. The van der Waals surface area contributed by atoms with Crippen LogP contribution in [0.1, 0.15) is 58.9 Å². The van der Waals surface area contributed by atoms with E-state index in [-0.39, 0.29) is 58.8 Å². The first-order valence-electron chi connectivity index (χ1n) is 16.8. The summed E-state index contributed by atoms with van der Waals surface area (Å²) in [6, 6.07) is 15.7. The van der Waals surface area contributed by atoms with Gasteiger partial charge in [0.05, 0.1) is 5.02 Å². The SMILES string of the molecule is CC(=O)O/N=C(\N)c1ccc(C(=O)NCCCN(C)C(=O)[C@@H]2CCCN2S(=O)(=O)c2ccc(Cl)c(COc3cccc4c(C)cc(C)nc34)c2Cl)cc1. The number of carbonyl (C=O) groups is 3. The summed E-state index contributed by atoms with van der Waals surface area (Å²) in [4.78, 5) is 47.6. The number of aromatic nitrogens is 1. The molecule has 1 aromatic heterocycles. The third-order valence-corrected chi connectivity index (χ3v) is 11.6. The van der Waals surface area contributed by atoms with Gasteiger partial charge in [0.2, 0.25) is 15.9 Å². The third-order valence-electron chi connectivity index (χ3n) is 8.78. The Hall–Kier alpha value is -4.76. The Balaban J connectivity index is 1.20. The molecule has 1 aliphatic heterocycles. The van der Waals surface area contributed by atoms with Gasteiger partial charge in [0.15, 0.2) is 5.84 Å². The highest BCUT2D eigenvalue weighted by Crippen LogP contribution is 2.37. The molecular weight excluding hydrogens is 743 g/mol. The molecule has 4 aromatic rings. The predicted octanol–water partition coefficient (Wildman–Crippen LogP) is 5.35. The van der Waals surface area contributed by atoms with Crippen LogP contribution in [0.3, 0.4) is 0 Å². The molecule has 1 saturated heterocycles. The Bertz CT molecular complexity index is 2180. The number of aryl methyl sites for hydroxylation is 2. The third kappa shape index (κ3) is 9.07. The Kier molecular flexibility index (Phi) is 12.6. The number of fused-ring (bicyclic) bond motifs is 1. The number of pyridine rings is 1. The number of likely N-dealkylation sites (N-methyl/N-ethyl adjacent to an activating group) is 1. The summed E-state index contributed by atoms with van der Waals surface area (Å²) in [5.41, 5.74) is 9.48. The highest BCUT2D eigenvalue weighted by atomic mass is 35.5. The molecule has 2 heterocycles. The number of oxime groups is 1. The van der Waals surface area contributed by atoms with Crippen molar-refractivity contribution in [1.29, 1.82) is 0 Å². The molecule has 0 unspecified atom stereocenters. The Morgan fingerprint density at radius 2 is 1.79 bits per heavy atom. The minimum Gasteiger partial charge on any atom is -0.487 e. The van der Waals surface area contributed by atoms with Crippen LogP contribution in [0.25, 0.3) is 10.9 Å². The second-order valence-electron chi connectivity index (χ2n) is 12.6. The van der Waals surface area contributed by atoms with Crippen molar-refractivity contribution in [2.75, 3.05) is 26.7 Å². The van der Waals surface area contributed by atoms with Crippen LogP contribution in [0.2, 0.25) is 10.0 Å². The zero-order valence-electron chi connectivity index (χ0n) is 29.7. The lowest BCUT2D eigenvalue weighted by Gasteiger charge is -2.28. The van der Waals surface area contributed by atoms with Crippen molar-refractivity contribution >= 4 is 67.7 Å². The van der Waals surface area contributed by atoms with Crippen molar-refractivity contribution in [3.05, 3.63) is 98.7 Å². The van der Waals surface area contributed by atoms with Gasteiger partial charge in [0.25, 0.3) is 5.91 Å². The zero-order valence-corrected chi connectivity index (χ0v) is 32.0. The van der Waals surface area contributed by atoms with E-state index in [0.29, 0.717) is 47.2 Å². The maximum Gasteiger partial charge on any atom is 0.332 e.